The zero-order chi connectivity index (χ0) is 14.0. The van der Waals surface area contributed by atoms with Crippen LogP contribution in [0.2, 0.25) is 0 Å². The van der Waals surface area contributed by atoms with Crippen LogP contribution in [0.1, 0.15) is 16.3 Å². The van der Waals surface area contributed by atoms with Crippen LogP contribution in [0.3, 0.4) is 0 Å². The molecule has 104 valence electrons. The Labute approximate surface area is 117 Å². The largest absolute Gasteiger partial charge is 0.480 e. The molecule has 0 spiro atoms. The number of aromatic nitrogens is 2. The van der Waals surface area contributed by atoms with Gasteiger partial charge in [0, 0.05) is 25.5 Å². The summed E-state index contributed by atoms with van der Waals surface area (Å²) in [6.07, 6.45) is 0. The first-order valence-electron chi connectivity index (χ1n) is 6.12. The Kier molecular flexibility index (Phi) is 3.99. The Balaban J connectivity index is 2.15. The summed E-state index contributed by atoms with van der Waals surface area (Å²) in [4.78, 5) is 7.53. The van der Waals surface area contributed by atoms with Gasteiger partial charge in [-0.2, -0.15) is 4.98 Å². The molecule has 2 aromatic rings. The van der Waals surface area contributed by atoms with Crippen LogP contribution < -0.4 is 15.1 Å². The van der Waals surface area contributed by atoms with Crippen molar-refractivity contribution < 1.29 is 4.74 Å². The van der Waals surface area contributed by atoms with Crippen molar-refractivity contribution in [3.8, 4) is 5.88 Å². The summed E-state index contributed by atoms with van der Waals surface area (Å²) < 4.78 is 7.41. The molecule has 1 N–H and O–H groups in total. The van der Waals surface area contributed by atoms with Crippen LogP contribution in [-0.2, 0) is 6.54 Å². The lowest BCUT2D eigenvalue weighted by Gasteiger charge is -2.11. The van der Waals surface area contributed by atoms with E-state index in [0.717, 1.165) is 10.0 Å². The minimum atomic E-state index is 0.698. The van der Waals surface area contributed by atoms with Crippen LogP contribution in [0.25, 0.3) is 0 Å². The summed E-state index contributed by atoms with van der Waals surface area (Å²) in [5, 5.41) is 0.953. The summed E-state index contributed by atoms with van der Waals surface area (Å²) >= 11 is 1.64. The predicted octanol–water partition coefficient (Wildman–Crippen LogP) is 2.38. The van der Waals surface area contributed by atoms with Crippen LogP contribution in [0.5, 0.6) is 5.88 Å². The Bertz CT molecular complexity index is 539. The Morgan fingerprint density at radius 1 is 1.32 bits per heavy atom. The highest BCUT2D eigenvalue weighted by molar-refractivity contribution is 7.15. The van der Waals surface area contributed by atoms with E-state index in [-0.39, 0.29) is 0 Å². The topological polar surface area (TPSA) is 42.3 Å². The summed E-state index contributed by atoms with van der Waals surface area (Å²) in [5.41, 5.74) is 5.77. The monoisotopic (exact) mass is 280 g/mol. The number of hydrogen-bond donors (Lipinski definition) is 1. The van der Waals surface area contributed by atoms with E-state index in [4.69, 9.17) is 4.74 Å². The molecule has 0 saturated heterocycles. The lowest BCUT2D eigenvalue weighted by molar-refractivity contribution is 0.396. The molecule has 6 heteroatoms. The molecular formula is C13H20N4OS. The summed E-state index contributed by atoms with van der Waals surface area (Å²) in [6, 6.07) is 4.19. The fraction of sp³-hybridized carbons (Fsp3) is 0.462. The number of anilines is 1. The molecular weight excluding hydrogens is 260 g/mol. The van der Waals surface area contributed by atoms with Crippen molar-refractivity contribution in [3.05, 3.63) is 28.4 Å². The maximum Gasteiger partial charge on any atom is 0.231 e. The maximum atomic E-state index is 5.33. The van der Waals surface area contributed by atoms with E-state index < -0.39 is 0 Å². The highest BCUT2D eigenvalue weighted by Gasteiger charge is 2.13. The first-order chi connectivity index (χ1) is 9.02. The molecule has 0 amide bonds. The first kappa shape index (κ1) is 13.7. The molecule has 0 atom stereocenters. The van der Waals surface area contributed by atoms with Gasteiger partial charge in [0.15, 0.2) is 5.13 Å². The molecule has 0 saturated carbocycles. The van der Waals surface area contributed by atoms with Crippen LogP contribution in [0.15, 0.2) is 12.1 Å². The molecule has 19 heavy (non-hydrogen) atoms. The number of nitrogens with one attached hydrogen (secondary N) is 1. The molecule has 0 aliphatic carbocycles. The van der Waals surface area contributed by atoms with Gasteiger partial charge in [-0.1, -0.05) is 11.3 Å². The molecule has 0 aliphatic rings. The fourth-order valence-corrected chi connectivity index (χ4v) is 2.74. The summed E-state index contributed by atoms with van der Waals surface area (Å²) in [7, 11) is 5.62. The zero-order valence-corrected chi connectivity index (χ0v) is 12.8. The van der Waals surface area contributed by atoms with Crippen LogP contribution in [0, 0.1) is 13.8 Å². The lowest BCUT2D eigenvalue weighted by Crippen LogP contribution is -2.16. The van der Waals surface area contributed by atoms with Gasteiger partial charge in [0.2, 0.25) is 5.88 Å². The summed E-state index contributed by atoms with van der Waals surface area (Å²) in [5.74, 6) is 0.698. The van der Waals surface area contributed by atoms with E-state index in [0.29, 0.717) is 12.4 Å². The molecule has 0 bridgehead atoms. The van der Waals surface area contributed by atoms with E-state index in [9.17, 15) is 0 Å². The maximum absolute atomic E-state index is 5.33. The minimum Gasteiger partial charge on any atom is -0.480 e. The Morgan fingerprint density at radius 3 is 2.47 bits per heavy atom. The van der Waals surface area contributed by atoms with E-state index in [2.05, 4.69) is 41.1 Å². The SMILES string of the molecule is COc1nc(N(C)C)sc1CNn1c(C)ccc1C. The Morgan fingerprint density at radius 2 is 1.95 bits per heavy atom. The number of aryl methyl sites for hydroxylation is 2. The molecule has 5 nitrogen and oxygen atoms in total. The number of rotatable bonds is 5. The van der Waals surface area contributed by atoms with Gasteiger partial charge >= 0.3 is 0 Å². The van der Waals surface area contributed by atoms with Crippen molar-refractivity contribution in [2.24, 2.45) is 0 Å². The second-order valence-electron chi connectivity index (χ2n) is 4.61. The third kappa shape index (κ3) is 2.84. The second-order valence-corrected chi connectivity index (χ2v) is 5.67. The highest BCUT2D eigenvalue weighted by Crippen LogP contribution is 2.30. The van der Waals surface area contributed by atoms with E-state index >= 15 is 0 Å². The quantitative estimate of drug-likeness (QED) is 0.913. The number of nitrogens with zero attached hydrogens (tertiary/aromatic N) is 3. The predicted molar refractivity (Wildman–Crippen MR) is 80.0 cm³/mol. The van der Waals surface area contributed by atoms with E-state index in [1.807, 2.05) is 19.0 Å². The van der Waals surface area contributed by atoms with Gasteiger partial charge in [0.25, 0.3) is 0 Å². The number of ether oxygens (including phenoxy) is 1. The van der Waals surface area contributed by atoms with Gasteiger partial charge in [-0.25, -0.2) is 0 Å². The van der Waals surface area contributed by atoms with Crippen LogP contribution in [-0.4, -0.2) is 30.9 Å². The van der Waals surface area contributed by atoms with Crippen LogP contribution >= 0.6 is 11.3 Å². The van der Waals surface area contributed by atoms with Gasteiger partial charge in [0.05, 0.1) is 18.5 Å². The standard InChI is InChI=1S/C13H20N4OS/c1-9-6-7-10(2)17(9)14-8-11-12(18-5)15-13(19-11)16(3)4/h6-7,14H,8H2,1-5H3. The zero-order valence-electron chi connectivity index (χ0n) is 12.0. The van der Waals surface area contributed by atoms with Crippen molar-refractivity contribution >= 4 is 16.5 Å². The van der Waals surface area contributed by atoms with Crippen molar-refractivity contribution in [3.63, 3.8) is 0 Å². The molecule has 2 aromatic heterocycles. The number of hydrogen-bond acceptors (Lipinski definition) is 5. The van der Waals surface area contributed by atoms with E-state index in [1.54, 1.807) is 18.4 Å². The molecule has 0 fully saturated rings. The first-order valence-corrected chi connectivity index (χ1v) is 6.94. The van der Waals surface area contributed by atoms with Gasteiger partial charge in [0.1, 0.15) is 0 Å². The minimum absolute atomic E-state index is 0.698. The summed E-state index contributed by atoms with van der Waals surface area (Å²) in [6.45, 7) is 4.86. The second kappa shape index (κ2) is 5.52. The third-order valence-electron chi connectivity index (χ3n) is 2.90. The van der Waals surface area contributed by atoms with Crippen LogP contribution in [0.4, 0.5) is 5.13 Å². The van der Waals surface area contributed by atoms with Gasteiger partial charge in [-0.3, -0.25) is 4.68 Å². The Hall–Kier alpha value is -1.69. The van der Waals surface area contributed by atoms with Gasteiger partial charge in [-0.05, 0) is 26.0 Å². The average molecular weight is 280 g/mol. The molecule has 2 heterocycles. The average Bonchev–Trinajstić information content (AvgIpc) is 2.92. The molecule has 0 unspecified atom stereocenters. The van der Waals surface area contributed by atoms with Gasteiger partial charge < -0.3 is 15.1 Å². The highest BCUT2D eigenvalue weighted by atomic mass is 32.1. The van der Waals surface area contributed by atoms with Crippen molar-refractivity contribution in [1.29, 1.82) is 0 Å². The van der Waals surface area contributed by atoms with Gasteiger partial charge in [-0.15, -0.1) is 0 Å². The smallest absolute Gasteiger partial charge is 0.231 e. The lowest BCUT2D eigenvalue weighted by atomic mass is 10.5. The molecule has 0 radical (unpaired) electrons. The van der Waals surface area contributed by atoms with Crippen molar-refractivity contribution in [2.75, 3.05) is 31.5 Å². The normalized spacial score (nSPS) is 10.6. The van der Waals surface area contributed by atoms with E-state index in [1.165, 1.54) is 11.4 Å². The molecule has 2 rings (SSSR count). The molecule has 0 aliphatic heterocycles. The molecule has 0 aromatic carbocycles. The third-order valence-corrected chi connectivity index (χ3v) is 4.10. The van der Waals surface area contributed by atoms with Crippen molar-refractivity contribution in [2.45, 2.75) is 20.4 Å². The number of methoxy groups -OCH3 is 1. The fourth-order valence-electron chi connectivity index (χ4n) is 1.86. The number of thiazole rings is 1. The van der Waals surface area contributed by atoms with Crippen molar-refractivity contribution in [1.82, 2.24) is 9.66 Å².